The van der Waals surface area contributed by atoms with Gasteiger partial charge >= 0.3 is 17.9 Å². The molecule has 0 aromatic heterocycles. The molecule has 6 heteroatoms. The minimum Gasteiger partial charge on any atom is -0.462 e. The third kappa shape index (κ3) is 50.6. The fraction of sp³-hybridized carbons (Fsp3) is 0.845. The Morgan fingerprint density at radius 1 is 0.328 bits per heavy atom. The second kappa shape index (κ2) is 53.2. The first kappa shape index (κ1) is 61.6. The van der Waals surface area contributed by atoms with Crippen LogP contribution in [0.1, 0.15) is 297 Å². The SMILES string of the molecule is CC/C=C\C/C=C\C/C=C\CCCCCCCCCC(=O)OC(COC(=O)CCCCCCCC)COC(=O)CCCCCCCCCCCCCCCCCCCCCCCCC. The molecule has 0 aromatic rings. The molecule has 0 saturated carbocycles. The quantitative estimate of drug-likeness (QED) is 0.0262. The summed E-state index contributed by atoms with van der Waals surface area (Å²) in [7, 11) is 0. The molecular weight excluding hydrogens is 793 g/mol. The molecule has 1 atom stereocenters. The highest BCUT2D eigenvalue weighted by Gasteiger charge is 2.19. The zero-order valence-electron chi connectivity index (χ0n) is 42.8. The van der Waals surface area contributed by atoms with Gasteiger partial charge < -0.3 is 14.2 Å². The van der Waals surface area contributed by atoms with Gasteiger partial charge in [-0.15, -0.1) is 0 Å². The molecule has 0 spiro atoms. The molecule has 1 unspecified atom stereocenters. The first-order valence-electron chi connectivity index (χ1n) is 28.0. The van der Waals surface area contributed by atoms with Gasteiger partial charge in [0.2, 0.25) is 0 Å². The molecular formula is C58H106O6. The number of esters is 3. The Kier molecular flexibility index (Phi) is 51.3. The van der Waals surface area contributed by atoms with E-state index in [-0.39, 0.29) is 31.1 Å². The number of hydrogen-bond acceptors (Lipinski definition) is 6. The van der Waals surface area contributed by atoms with Crippen molar-refractivity contribution in [1.82, 2.24) is 0 Å². The molecule has 0 heterocycles. The molecule has 0 aliphatic carbocycles. The molecule has 6 nitrogen and oxygen atoms in total. The summed E-state index contributed by atoms with van der Waals surface area (Å²) in [5.41, 5.74) is 0. The summed E-state index contributed by atoms with van der Waals surface area (Å²) < 4.78 is 16.7. The van der Waals surface area contributed by atoms with Gasteiger partial charge in [0, 0.05) is 19.3 Å². The summed E-state index contributed by atoms with van der Waals surface area (Å²) in [4.78, 5) is 37.8. The average molecular weight is 899 g/mol. The Balaban J connectivity index is 4.10. The van der Waals surface area contributed by atoms with Gasteiger partial charge in [-0.2, -0.15) is 0 Å². The van der Waals surface area contributed by atoms with Gasteiger partial charge in [-0.05, 0) is 51.4 Å². The summed E-state index contributed by atoms with van der Waals surface area (Å²) in [5.74, 6) is -0.879. The van der Waals surface area contributed by atoms with Crippen LogP contribution in [0.5, 0.6) is 0 Å². The smallest absolute Gasteiger partial charge is 0.306 e. The van der Waals surface area contributed by atoms with Crippen LogP contribution in [-0.2, 0) is 28.6 Å². The van der Waals surface area contributed by atoms with Crippen molar-refractivity contribution in [2.75, 3.05) is 13.2 Å². The van der Waals surface area contributed by atoms with Crippen LogP contribution in [0.15, 0.2) is 36.5 Å². The van der Waals surface area contributed by atoms with E-state index in [2.05, 4.69) is 57.2 Å². The van der Waals surface area contributed by atoms with Crippen LogP contribution in [0, 0.1) is 0 Å². The maximum atomic E-state index is 12.8. The summed E-state index contributed by atoms with van der Waals surface area (Å²) in [6.07, 6.45) is 63.2. The van der Waals surface area contributed by atoms with Crippen LogP contribution in [-0.4, -0.2) is 37.2 Å². The fourth-order valence-electron chi connectivity index (χ4n) is 8.22. The van der Waals surface area contributed by atoms with Crippen molar-refractivity contribution >= 4 is 17.9 Å². The Morgan fingerprint density at radius 2 is 0.609 bits per heavy atom. The summed E-state index contributed by atoms with van der Waals surface area (Å²) in [6, 6.07) is 0. The van der Waals surface area contributed by atoms with Crippen molar-refractivity contribution < 1.29 is 28.6 Å². The number of hydrogen-bond donors (Lipinski definition) is 0. The monoisotopic (exact) mass is 899 g/mol. The summed E-state index contributed by atoms with van der Waals surface area (Å²) >= 11 is 0. The second-order valence-corrected chi connectivity index (χ2v) is 18.8. The molecule has 0 fully saturated rings. The number of carbonyl (C=O) groups excluding carboxylic acids is 3. The molecule has 0 rings (SSSR count). The van der Waals surface area contributed by atoms with E-state index < -0.39 is 6.10 Å². The first-order chi connectivity index (χ1) is 31.5. The predicted molar refractivity (Wildman–Crippen MR) is 275 cm³/mol. The molecule has 0 aliphatic rings. The minimum absolute atomic E-state index is 0.0727. The number of carbonyl (C=O) groups is 3. The lowest BCUT2D eigenvalue weighted by Crippen LogP contribution is -2.30. The Bertz CT molecular complexity index is 1080. The number of rotatable bonds is 51. The van der Waals surface area contributed by atoms with E-state index >= 15 is 0 Å². The molecule has 0 aromatic carbocycles. The lowest BCUT2D eigenvalue weighted by Gasteiger charge is -2.18. The topological polar surface area (TPSA) is 78.9 Å². The molecule has 0 saturated heterocycles. The van der Waals surface area contributed by atoms with Gasteiger partial charge in [-0.3, -0.25) is 14.4 Å². The van der Waals surface area contributed by atoms with E-state index in [0.29, 0.717) is 19.3 Å². The highest BCUT2D eigenvalue weighted by atomic mass is 16.6. The van der Waals surface area contributed by atoms with Gasteiger partial charge in [0.15, 0.2) is 6.10 Å². The summed E-state index contributed by atoms with van der Waals surface area (Å²) in [5, 5.41) is 0. The number of unbranched alkanes of at least 4 members (excludes halogenated alkanes) is 34. The highest BCUT2D eigenvalue weighted by Crippen LogP contribution is 2.17. The minimum atomic E-state index is -0.771. The standard InChI is InChI=1S/C58H106O6/c1-4-7-10-13-16-18-20-22-24-26-27-28-29-30-31-33-34-36-38-40-42-45-48-51-57(60)63-54-55(53-62-56(59)50-47-44-15-12-9-6-3)64-58(61)52-49-46-43-41-39-37-35-32-25-23-21-19-17-14-11-8-5-2/h8,11,17,19,23,25,55H,4-7,9-10,12-16,18,20-22,24,26-54H2,1-3H3/b11-8-,19-17-,25-23-. The van der Waals surface area contributed by atoms with Crippen molar-refractivity contribution in [3.05, 3.63) is 36.5 Å². The van der Waals surface area contributed by atoms with Crippen LogP contribution >= 0.6 is 0 Å². The lowest BCUT2D eigenvalue weighted by molar-refractivity contribution is -0.167. The van der Waals surface area contributed by atoms with Gasteiger partial charge in [-0.25, -0.2) is 0 Å². The molecule has 0 radical (unpaired) electrons. The Hall–Kier alpha value is -2.37. The van der Waals surface area contributed by atoms with Crippen molar-refractivity contribution in [3.8, 4) is 0 Å². The van der Waals surface area contributed by atoms with Gasteiger partial charge in [0.25, 0.3) is 0 Å². The fourth-order valence-corrected chi connectivity index (χ4v) is 8.22. The van der Waals surface area contributed by atoms with Gasteiger partial charge in [0.1, 0.15) is 13.2 Å². The van der Waals surface area contributed by atoms with Crippen molar-refractivity contribution in [2.45, 2.75) is 303 Å². The van der Waals surface area contributed by atoms with Gasteiger partial charge in [-0.1, -0.05) is 263 Å². The predicted octanol–water partition coefficient (Wildman–Crippen LogP) is 18.5. The van der Waals surface area contributed by atoms with E-state index in [4.69, 9.17) is 14.2 Å². The Labute approximate surface area is 397 Å². The van der Waals surface area contributed by atoms with Crippen LogP contribution in [0.3, 0.4) is 0 Å². The molecule has 374 valence electrons. The molecule has 0 N–H and O–H groups in total. The second-order valence-electron chi connectivity index (χ2n) is 18.8. The van der Waals surface area contributed by atoms with Crippen LogP contribution in [0.25, 0.3) is 0 Å². The first-order valence-corrected chi connectivity index (χ1v) is 28.0. The van der Waals surface area contributed by atoms with Crippen molar-refractivity contribution in [1.29, 1.82) is 0 Å². The van der Waals surface area contributed by atoms with E-state index in [1.54, 1.807) is 0 Å². The van der Waals surface area contributed by atoms with Crippen molar-refractivity contribution in [3.63, 3.8) is 0 Å². The highest BCUT2D eigenvalue weighted by molar-refractivity contribution is 5.71. The molecule has 0 amide bonds. The van der Waals surface area contributed by atoms with Crippen molar-refractivity contribution in [2.24, 2.45) is 0 Å². The average Bonchev–Trinajstić information content (AvgIpc) is 3.29. The largest absolute Gasteiger partial charge is 0.462 e. The van der Waals surface area contributed by atoms with E-state index in [1.807, 2.05) is 0 Å². The van der Waals surface area contributed by atoms with E-state index in [9.17, 15) is 14.4 Å². The number of allylic oxidation sites excluding steroid dienone is 6. The van der Waals surface area contributed by atoms with E-state index in [1.165, 1.54) is 173 Å². The molecule has 0 aliphatic heterocycles. The zero-order chi connectivity index (χ0) is 46.5. The van der Waals surface area contributed by atoms with Crippen LogP contribution in [0.2, 0.25) is 0 Å². The van der Waals surface area contributed by atoms with E-state index in [0.717, 1.165) is 83.5 Å². The summed E-state index contributed by atoms with van der Waals surface area (Å²) in [6.45, 7) is 6.50. The third-order valence-corrected chi connectivity index (χ3v) is 12.4. The molecule has 0 bridgehead atoms. The van der Waals surface area contributed by atoms with Gasteiger partial charge in [0.05, 0.1) is 0 Å². The zero-order valence-corrected chi connectivity index (χ0v) is 42.8. The lowest BCUT2D eigenvalue weighted by atomic mass is 10.0. The van der Waals surface area contributed by atoms with Crippen LogP contribution < -0.4 is 0 Å². The maximum Gasteiger partial charge on any atom is 0.306 e. The Morgan fingerprint density at radius 3 is 0.953 bits per heavy atom. The normalized spacial score (nSPS) is 12.2. The maximum absolute atomic E-state index is 12.8. The van der Waals surface area contributed by atoms with Crippen LogP contribution in [0.4, 0.5) is 0 Å². The number of ether oxygens (including phenoxy) is 3. The molecule has 64 heavy (non-hydrogen) atoms. The third-order valence-electron chi connectivity index (χ3n) is 12.4.